The summed E-state index contributed by atoms with van der Waals surface area (Å²) in [4.78, 5) is 15.2. The number of rotatable bonds is 4. The zero-order valence-electron chi connectivity index (χ0n) is 12.3. The number of hydrogen-bond acceptors (Lipinski definition) is 7. The van der Waals surface area contributed by atoms with Crippen LogP contribution in [0.1, 0.15) is 38.3 Å². The topological polar surface area (TPSA) is 52.1 Å². The van der Waals surface area contributed by atoms with Crippen LogP contribution in [0, 0.1) is 13.8 Å². The lowest BCUT2D eigenvalue weighted by Gasteiger charge is -2.08. The second kappa shape index (κ2) is 6.28. The second-order valence-electron chi connectivity index (χ2n) is 4.80. The maximum absolute atomic E-state index is 12.3. The first-order chi connectivity index (χ1) is 10.5. The van der Waals surface area contributed by atoms with Gasteiger partial charge in [-0.2, -0.15) is 0 Å². The molecule has 3 aromatic rings. The van der Waals surface area contributed by atoms with Gasteiger partial charge in [0.05, 0.1) is 0 Å². The predicted octanol–water partition coefficient (Wildman–Crippen LogP) is 4.86. The third-order valence-corrected chi connectivity index (χ3v) is 6.33. The summed E-state index contributed by atoms with van der Waals surface area (Å²) in [6, 6.07) is 5.87. The zero-order valence-corrected chi connectivity index (χ0v) is 14.8. The number of hydrogen-bond donors (Lipinski definition) is 0. The van der Waals surface area contributed by atoms with E-state index in [1.807, 2.05) is 26.0 Å². The number of carbonyl (C=O) groups is 1. The van der Waals surface area contributed by atoms with Gasteiger partial charge in [0.25, 0.3) is 0 Å². The van der Waals surface area contributed by atoms with E-state index in [0.29, 0.717) is 4.88 Å². The van der Waals surface area contributed by atoms with E-state index >= 15 is 0 Å². The van der Waals surface area contributed by atoms with Crippen molar-refractivity contribution in [2.45, 2.75) is 26.9 Å². The van der Waals surface area contributed by atoms with Crippen LogP contribution in [0.5, 0.6) is 0 Å². The van der Waals surface area contributed by atoms with E-state index in [0.717, 1.165) is 14.9 Å². The van der Waals surface area contributed by atoms with Gasteiger partial charge in [-0.05, 0) is 49.9 Å². The first-order valence-electron chi connectivity index (χ1n) is 6.70. The number of nitrogens with zero attached hydrogens (tertiary/aromatic N) is 2. The van der Waals surface area contributed by atoms with Crippen LogP contribution in [0.3, 0.4) is 0 Å². The summed E-state index contributed by atoms with van der Waals surface area (Å²) in [6.07, 6.45) is -0.382. The van der Waals surface area contributed by atoms with E-state index in [9.17, 15) is 4.79 Å². The van der Waals surface area contributed by atoms with Crippen molar-refractivity contribution in [1.82, 2.24) is 10.2 Å². The zero-order chi connectivity index (χ0) is 15.7. The Kier molecular flexibility index (Phi) is 4.37. The minimum absolute atomic E-state index is 0.314. The van der Waals surface area contributed by atoms with Crippen LogP contribution in [-0.4, -0.2) is 16.2 Å². The smallest absolute Gasteiger partial charge is 0.349 e. The molecule has 22 heavy (non-hydrogen) atoms. The molecule has 0 amide bonds. The van der Waals surface area contributed by atoms with Crippen LogP contribution in [0.15, 0.2) is 23.6 Å². The van der Waals surface area contributed by atoms with Crippen LogP contribution >= 0.6 is 34.0 Å². The van der Waals surface area contributed by atoms with Crippen LogP contribution in [-0.2, 0) is 4.74 Å². The molecule has 0 aliphatic rings. The molecule has 0 fully saturated rings. The van der Waals surface area contributed by atoms with Crippen LogP contribution < -0.4 is 0 Å². The molecule has 7 heteroatoms. The fourth-order valence-corrected chi connectivity index (χ4v) is 4.63. The minimum atomic E-state index is -0.382. The molecular formula is C15H14N2O2S3. The normalized spacial score (nSPS) is 12.3. The standard InChI is InChI=1S/C15H14N2O2S3/c1-8-6-7-20-13(8)11-4-5-12(22-11)15(18)19-9(2)14-17-16-10(3)21-14/h4-7,9H,1-3H3. The molecule has 0 radical (unpaired) electrons. The fourth-order valence-electron chi connectivity index (χ4n) is 1.94. The summed E-state index contributed by atoms with van der Waals surface area (Å²) in [5.74, 6) is -0.314. The second-order valence-corrected chi connectivity index (χ2v) is 8.02. The van der Waals surface area contributed by atoms with Crippen molar-refractivity contribution in [2.24, 2.45) is 0 Å². The average molecular weight is 350 g/mol. The Hall–Kier alpha value is -1.57. The van der Waals surface area contributed by atoms with E-state index in [-0.39, 0.29) is 12.1 Å². The van der Waals surface area contributed by atoms with Gasteiger partial charge >= 0.3 is 5.97 Å². The summed E-state index contributed by atoms with van der Waals surface area (Å²) in [6.45, 7) is 5.77. The number of thiophene rings is 2. The van der Waals surface area contributed by atoms with Gasteiger partial charge in [-0.1, -0.05) is 11.3 Å². The molecule has 0 spiro atoms. The summed E-state index contributed by atoms with van der Waals surface area (Å²) >= 11 is 4.59. The van der Waals surface area contributed by atoms with Crippen LogP contribution in [0.25, 0.3) is 9.75 Å². The molecular weight excluding hydrogens is 336 g/mol. The van der Waals surface area contributed by atoms with Crippen molar-refractivity contribution in [2.75, 3.05) is 0 Å². The molecule has 114 valence electrons. The summed E-state index contributed by atoms with van der Waals surface area (Å²) in [5, 5.41) is 11.6. The van der Waals surface area contributed by atoms with E-state index in [1.165, 1.54) is 33.1 Å². The van der Waals surface area contributed by atoms with Crippen molar-refractivity contribution < 1.29 is 9.53 Å². The molecule has 0 bridgehead atoms. The maximum Gasteiger partial charge on any atom is 0.349 e. The predicted molar refractivity (Wildman–Crippen MR) is 90.8 cm³/mol. The molecule has 3 aromatic heterocycles. The van der Waals surface area contributed by atoms with Crippen molar-refractivity contribution in [1.29, 1.82) is 0 Å². The van der Waals surface area contributed by atoms with Gasteiger partial charge in [0, 0.05) is 9.75 Å². The van der Waals surface area contributed by atoms with Crippen molar-refractivity contribution in [3.8, 4) is 9.75 Å². The first-order valence-corrected chi connectivity index (χ1v) is 9.21. The molecule has 3 heterocycles. The minimum Gasteiger partial charge on any atom is -0.451 e. The SMILES string of the molecule is Cc1nnc(C(C)OC(=O)c2ccc(-c3sccc3C)s2)s1. The molecule has 3 rings (SSSR count). The summed E-state index contributed by atoms with van der Waals surface area (Å²) in [5.41, 5.74) is 1.23. The maximum atomic E-state index is 12.3. The molecule has 0 saturated carbocycles. The largest absolute Gasteiger partial charge is 0.451 e. The Morgan fingerprint density at radius 1 is 1.18 bits per heavy atom. The Morgan fingerprint density at radius 2 is 2.00 bits per heavy atom. The number of carbonyl (C=O) groups excluding carboxylic acids is 1. The molecule has 0 aromatic carbocycles. The molecule has 0 aliphatic heterocycles. The third-order valence-electron chi connectivity index (χ3n) is 3.07. The highest BCUT2D eigenvalue weighted by Crippen LogP contribution is 2.35. The summed E-state index contributed by atoms with van der Waals surface area (Å²) < 4.78 is 5.48. The van der Waals surface area contributed by atoms with E-state index in [2.05, 4.69) is 28.6 Å². The van der Waals surface area contributed by atoms with Gasteiger partial charge in [0.2, 0.25) is 0 Å². The van der Waals surface area contributed by atoms with Crippen molar-refractivity contribution >= 4 is 40.0 Å². The molecule has 0 aliphatic carbocycles. The number of ether oxygens (including phenoxy) is 1. The Morgan fingerprint density at radius 3 is 2.64 bits per heavy atom. The van der Waals surface area contributed by atoms with Crippen LogP contribution in [0.4, 0.5) is 0 Å². The molecule has 1 unspecified atom stereocenters. The Bertz CT molecular complexity index is 803. The van der Waals surface area contributed by atoms with Gasteiger partial charge < -0.3 is 4.74 Å². The lowest BCUT2D eigenvalue weighted by atomic mass is 10.2. The van der Waals surface area contributed by atoms with Gasteiger partial charge in [-0.15, -0.1) is 32.9 Å². The highest BCUT2D eigenvalue weighted by molar-refractivity contribution is 7.22. The quantitative estimate of drug-likeness (QED) is 0.630. The van der Waals surface area contributed by atoms with Gasteiger partial charge in [0.1, 0.15) is 9.88 Å². The van der Waals surface area contributed by atoms with Gasteiger partial charge in [0.15, 0.2) is 11.1 Å². The lowest BCUT2D eigenvalue weighted by molar-refractivity contribution is 0.0342. The molecule has 1 atom stereocenters. The fraction of sp³-hybridized carbons (Fsp3) is 0.267. The molecule has 4 nitrogen and oxygen atoms in total. The Labute approximate surface area is 140 Å². The average Bonchev–Trinajstić information content (AvgIpc) is 3.18. The van der Waals surface area contributed by atoms with E-state index < -0.39 is 0 Å². The van der Waals surface area contributed by atoms with E-state index in [1.54, 1.807) is 11.3 Å². The number of aromatic nitrogens is 2. The van der Waals surface area contributed by atoms with Crippen LogP contribution in [0.2, 0.25) is 0 Å². The first kappa shape index (κ1) is 15.3. The molecule has 0 saturated heterocycles. The number of aryl methyl sites for hydroxylation is 2. The van der Waals surface area contributed by atoms with Crippen molar-refractivity contribution in [3.05, 3.63) is 44.0 Å². The van der Waals surface area contributed by atoms with E-state index in [4.69, 9.17) is 4.74 Å². The summed E-state index contributed by atoms with van der Waals surface area (Å²) in [7, 11) is 0. The van der Waals surface area contributed by atoms with Crippen molar-refractivity contribution in [3.63, 3.8) is 0 Å². The number of esters is 1. The monoisotopic (exact) mass is 350 g/mol. The lowest BCUT2D eigenvalue weighted by Crippen LogP contribution is -2.07. The van der Waals surface area contributed by atoms with Gasteiger partial charge in [-0.3, -0.25) is 0 Å². The third kappa shape index (κ3) is 3.11. The highest BCUT2D eigenvalue weighted by Gasteiger charge is 2.19. The van der Waals surface area contributed by atoms with Gasteiger partial charge in [-0.25, -0.2) is 4.79 Å². The molecule has 0 N–H and O–H groups in total. The Balaban J connectivity index is 1.73. The highest BCUT2D eigenvalue weighted by atomic mass is 32.1.